The van der Waals surface area contributed by atoms with Crippen molar-refractivity contribution in [1.29, 1.82) is 0 Å². The lowest BCUT2D eigenvalue weighted by Gasteiger charge is -2.05. The van der Waals surface area contributed by atoms with Crippen molar-refractivity contribution < 1.29 is 4.39 Å². The van der Waals surface area contributed by atoms with Gasteiger partial charge < -0.3 is 5.73 Å². The number of hydrogen-bond donors (Lipinski definition) is 1. The molecule has 1 heterocycles. The van der Waals surface area contributed by atoms with Crippen LogP contribution in [-0.4, -0.2) is 4.98 Å². The predicted octanol–water partition coefficient (Wildman–Crippen LogP) is 2.78. The Morgan fingerprint density at radius 2 is 2.07 bits per heavy atom. The van der Waals surface area contributed by atoms with Gasteiger partial charge in [0.25, 0.3) is 0 Å². The standard InChI is InChI=1S/C12H11FN2/c1-8-5-12(14)15-7-11(8)9-3-2-4-10(13)6-9/h2-7H,1H3,(H2,14,15). The van der Waals surface area contributed by atoms with E-state index in [4.69, 9.17) is 5.73 Å². The SMILES string of the molecule is Cc1cc(N)ncc1-c1cccc(F)c1. The van der Waals surface area contributed by atoms with E-state index in [1.807, 2.05) is 13.0 Å². The Morgan fingerprint density at radius 3 is 2.73 bits per heavy atom. The Balaban J connectivity index is 2.54. The van der Waals surface area contributed by atoms with E-state index in [1.165, 1.54) is 12.1 Å². The molecule has 1 aromatic heterocycles. The highest BCUT2D eigenvalue weighted by Gasteiger charge is 2.03. The van der Waals surface area contributed by atoms with E-state index in [-0.39, 0.29) is 5.82 Å². The van der Waals surface area contributed by atoms with Crippen LogP contribution in [0.5, 0.6) is 0 Å². The number of rotatable bonds is 1. The van der Waals surface area contributed by atoms with E-state index in [9.17, 15) is 4.39 Å². The van der Waals surface area contributed by atoms with Gasteiger partial charge in [-0.05, 0) is 36.2 Å². The van der Waals surface area contributed by atoms with Gasteiger partial charge in [-0.2, -0.15) is 0 Å². The Kier molecular flexibility index (Phi) is 2.37. The van der Waals surface area contributed by atoms with Gasteiger partial charge in [-0.15, -0.1) is 0 Å². The summed E-state index contributed by atoms with van der Waals surface area (Å²) in [6, 6.07) is 8.22. The van der Waals surface area contributed by atoms with Gasteiger partial charge in [0, 0.05) is 11.8 Å². The minimum Gasteiger partial charge on any atom is -0.384 e. The molecular formula is C12H11FN2. The molecule has 0 atom stereocenters. The largest absolute Gasteiger partial charge is 0.384 e. The van der Waals surface area contributed by atoms with Crippen molar-refractivity contribution in [1.82, 2.24) is 4.98 Å². The van der Waals surface area contributed by atoms with Gasteiger partial charge in [0.1, 0.15) is 11.6 Å². The van der Waals surface area contributed by atoms with Crippen LogP contribution < -0.4 is 5.73 Å². The van der Waals surface area contributed by atoms with Crippen LogP contribution in [0.2, 0.25) is 0 Å². The average Bonchev–Trinajstić information content (AvgIpc) is 2.17. The molecule has 76 valence electrons. The van der Waals surface area contributed by atoms with Crippen LogP contribution >= 0.6 is 0 Å². The van der Waals surface area contributed by atoms with Crippen LogP contribution in [0.4, 0.5) is 10.2 Å². The minimum atomic E-state index is -0.247. The van der Waals surface area contributed by atoms with Crippen molar-refractivity contribution >= 4 is 5.82 Å². The third-order valence-corrected chi connectivity index (χ3v) is 2.27. The van der Waals surface area contributed by atoms with E-state index in [2.05, 4.69) is 4.98 Å². The smallest absolute Gasteiger partial charge is 0.123 e. The second-order valence-corrected chi connectivity index (χ2v) is 3.43. The molecule has 0 aliphatic rings. The molecule has 1 aromatic carbocycles. The Morgan fingerprint density at radius 1 is 1.27 bits per heavy atom. The summed E-state index contributed by atoms with van der Waals surface area (Å²) in [7, 11) is 0. The number of benzene rings is 1. The molecule has 0 aliphatic carbocycles. The van der Waals surface area contributed by atoms with Crippen molar-refractivity contribution in [2.75, 3.05) is 5.73 Å². The second-order valence-electron chi connectivity index (χ2n) is 3.43. The number of halogens is 1. The molecule has 0 amide bonds. The summed E-state index contributed by atoms with van der Waals surface area (Å²) in [6.07, 6.45) is 1.67. The van der Waals surface area contributed by atoms with E-state index in [0.717, 1.165) is 16.7 Å². The molecule has 0 bridgehead atoms. The predicted molar refractivity (Wildman–Crippen MR) is 58.8 cm³/mol. The van der Waals surface area contributed by atoms with Crippen LogP contribution in [0.25, 0.3) is 11.1 Å². The lowest BCUT2D eigenvalue weighted by atomic mass is 10.0. The molecule has 0 unspecified atom stereocenters. The molecule has 0 fully saturated rings. The zero-order chi connectivity index (χ0) is 10.8. The highest BCUT2D eigenvalue weighted by Crippen LogP contribution is 2.23. The first-order valence-electron chi connectivity index (χ1n) is 4.65. The fourth-order valence-corrected chi connectivity index (χ4v) is 1.54. The van der Waals surface area contributed by atoms with Gasteiger partial charge in [0.05, 0.1) is 0 Å². The Hall–Kier alpha value is -1.90. The normalized spacial score (nSPS) is 10.3. The van der Waals surface area contributed by atoms with Gasteiger partial charge in [0.15, 0.2) is 0 Å². The number of hydrogen-bond acceptors (Lipinski definition) is 2. The van der Waals surface area contributed by atoms with E-state index in [1.54, 1.807) is 18.3 Å². The molecule has 0 saturated heterocycles. The first kappa shape index (κ1) is 9.65. The van der Waals surface area contributed by atoms with E-state index < -0.39 is 0 Å². The highest BCUT2D eigenvalue weighted by atomic mass is 19.1. The highest BCUT2D eigenvalue weighted by molar-refractivity contribution is 5.67. The monoisotopic (exact) mass is 202 g/mol. The third-order valence-electron chi connectivity index (χ3n) is 2.27. The zero-order valence-electron chi connectivity index (χ0n) is 8.37. The van der Waals surface area contributed by atoms with Crippen LogP contribution in [-0.2, 0) is 0 Å². The van der Waals surface area contributed by atoms with Gasteiger partial charge in [-0.25, -0.2) is 9.37 Å². The number of aromatic nitrogens is 1. The topological polar surface area (TPSA) is 38.9 Å². The summed E-state index contributed by atoms with van der Waals surface area (Å²) >= 11 is 0. The summed E-state index contributed by atoms with van der Waals surface area (Å²) in [4.78, 5) is 4.00. The molecule has 0 radical (unpaired) electrons. The number of aryl methyl sites for hydroxylation is 1. The number of nitrogens with two attached hydrogens (primary N) is 1. The summed E-state index contributed by atoms with van der Waals surface area (Å²) in [5.74, 6) is 0.233. The van der Waals surface area contributed by atoms with Crippen LogP contribution in [0, 0.1) is 12.7 Å². The van der Waals surface area contributed by atoms with Crippen LogP contribution in [0.1, 0.15) is 5.56 Å². The number of nitrogens with zero attached hydrogens (tertiary/aromatic N) is 1. The van der Waals surface area contributed by atoms with Gasteiger partial charge in [-0.3, -0.25) is 0 Å². The van der Waals surface area contributed by atoms with Crippen molar-refractivity contribution in [2.24, 2.45) is 0 Å². The molecule has 0 aliphatic heterocycles. The maximum atomic E-state index is 13.0. The maximum absolute atomic E-state index is 13.0. The quantitative estimate of drug-likeness (QED) is 0.772. The summed E-state index contributed by atoms with van der Waals surface area (Å²) in [6.45, 7) is 1.93. The molecule has 0 saturated carbocycles. The van der Waals surface area contributed by atoms with Crippen LogP contribution in [0.15, 0.2) is 36.5 Å². The second kappa shape index (κ2) is 3.69. The Bertz CT molecular complexity index is 495. The van der Waals surface area contributed by atoms with Gasteiger partial charge in [0.2, 0.25) is 0 Å². The molecule has 2 nitrogen and oxygen atoms in total. The molecule has 2 rings (SSSR count). The lowest BCUT2D eigenvalue weighted by Crippen LogP contribution is -1.92. The van der Waals surface area contributed by atoms with Crippen molar-refractivity contribution in [3.8, 4) is 11.1 Å². The summed E-state index contributed by atoms with van der Waals surface area (Å²) in [5, 5.41) is 0. The molecule has 2 aromatic rings. The van der Waals surface area contributed by atoms with Crippen molar-refractivity contribution in [3.63, 3.8) is 0 Å². The molecular weight excluding hydrogens is 191 g/mol. The maximum Gasteiger partial charge on any atom is 0.123 e. The molecule has 15 heavy (non-hydrogen) atoms. The van der Waals surface area contributed by atoms with Gasteiger partial charge >= 0.3 is 0 Å². The number of anilines is 1. The summed E-state index contributed by atoms with van der Waals surface area (Å²) < 4.78 is 13.0. The van der Waals surface area contributed by atoms with Gasteiger partial charge in [-0.1, -0.05) is 12.1 Å². The fourth-order valence-electron chi connectivity index (χ4n) is 1.54. The summed E-state index contributed by atoms with van der Waals surface area (Å²) in [5.41, 5.74) is 8.27. The van der Waals surface area contributed by atoms with Crippen molar-refractivity contribution in [2.45, 2.75) is 6.92 Å². The first-order chi connectivity index (χ1) is 7.16. The molecule has 0 spiro atoms. The van der Waals surface area contributed by atoms with E-state index >= 15 is 0 Å². The Labute approximate surface area is 87.6 Å². The average molecular weight is 202 g/mol. The van der Waals surface area contributed by atoms with Crippen molar-refractivity contribution in [3.05, 3.63) is 47.9 Å². The van der Waals surface area contributed by atoms with E-state index in [0.29, 0.717) is 5.82 Å². The third kappa shape index (κ3) is 1.96. The van der Waals surface area contributed by atoms with Crippen LogP contribution in [0.3, 0.4) is 0 Å². The number of nitrogen functional groups attached to an aromatic ring is 1. The number of pyridine rings is 1. The molecule has 3 heteroatoms. The fraction of sp³-hybridized carbons (Fsp3) is 0.0833. The lowest BCUT2D eigenvalue weighted by molar-refractivity contribution is 0.628. The minimum absolute atomic E-state index is 0.247. The molecule has 2 N–H and O–H groups in total. The zero-order valence-corrected chi connectivity index (χ0v) is 8.37. The first-order valence-corrected chi connectivity index (χ1v) is 4.65.